The molecular formula is C11H8BrFN2O3. The number of hydrogen-bond acceptors (Lipinski definition) is 4. The number of ether oxygens (including phenoxy) is 2. The molecule has 0 saturated heterocycles. The average molecular weight is 315 g/mol. The monoisotopic (exact) mass is 314 g/mol. The number of nitrogens with zero attached hydrogens (tertiary/aromatic N) is 1. The van der Waals surface area contributed by atoms with E-state index in [1.807, 2.05) is 0 Å². The Morgan fingerprint density at radius 2 is 2.22 bits per heavy atom. The lowest BCUT2D eigenvalue weighted by molar-refractivity contribution is 0.361. The van der Waals surface area contributed by atoms with Crippen LogP contribution in [-0.2, 0) is 0 Å². The van der Waals surface area contributed by atoms with Crippen LogP contribution in [0.3, 0.4) is 0 Å². The summed E-state index contributed by atoms with van der Waals surface area (Å²) in [5, 5.41) is 0. The van der Waals surface area contributed by atoms with Crippen molar-refractivity contribution in [2.24, 2.45) is 0 Å². The number of H-pyrrole nitrogens is 1. The largest absolute Gasteiger partial charge is 0.487 e. The fourth-order valence-corrected chi connectivity index (χ4v) is 1.61. The Bertz CT molecular complexity index is 630. The van der Waals surface area contributed by atoms with Gasteiger partial charge in [-0.3, -0.25) is 4.79 Å². The van der Waals surface area contributed by atoms with Crippen LogP contribution < -0.4 is 15.0 Å². The van der Waals surface area contributed by atoms with E-state index in [0.29, 0.717) is 4.47 Å². The third-order valence-electron chi connectivity index (χ3n) is 2.08. The lowest BCUT2D eigenvalue weighted by Crippen LogP contribution is -2.11. The van der Waals surface area contributed by atoms with Gasteiger partial charge in [0.05, 0.1) is 17.9 Å². The van der Waals surface area contributed by atoms with Crippen molar-refractivity contribution in [3.63, 3.8) is 0 Å². The Balaban J connectivity index is 2.43. The summed E-state index contributed by atoms with van der Waals surface area (Å²) in [6, 6.07) is 3.94. The molecule has 0 bridgehead atoms. The Morgan fingerprint density at radius 3 is 2.94 bits per heavy atom. The first-order valence-electron chi connectivity index (χ1n) is 4.86. The lowest BCUT2D eigenvalue weighted by atomic mass is 10.3. The first-order valence-corrected chi connectivity index (χ1v) is 5.65. The second kappa shape index (κ2) is 5.18. The van der Waals surface area contributed by atoms with Crippen LogP contribution in [0.1, 0.15) is 0 Å². The van der Waals surface area contributed by atoms with Crippen molar-refractivity contribution in [2.75, 3.05) is 7.11 Å². The zero-order chi connectivity index (χ0) is 13.1. The number of benzene rings is 1. The molecule has 0 aliphatic heterocycles. The van der Waals surface area contributed by atoms with Gasteiger partial charge in [0.15, 0.2) is 0 Å². The molecule has 0 aliphatic carbocycles. The molecule has 1 aromatic heterocycles. The lowest BCUT2D eigenvalue weighted by Gasteiger charge is -2.09. The summed E-state index contributed by atoms with van der Waals surface area (Å²) >= 11 is 3.21. The molecule has 5 nitrogen and oxygen atoms in total. The fourth-order valence-electron chi connectivity index (χ4n) is 1.28. The van der Waals surface area contributed by atoms with E-state index in [1.165, 1.54) is 31.6 Å². The molecular weight excluding hydrogens is 307 g/mol. The van der Waals surface area contributed by atoms with Crippen LogP contribution in [0.5, 0.6) is 17.4 Å². The summed E-state index contributed by atoms with van der Waals surface area (Å²) in [6.45, 7) is 0. The van der Waals surface area contributed by atoms with Crippen LogP contribution in [0, 0.1) is 5.82 Å². The topological polar surface area (TPSA) is 64.2 Å². The van der Waals surface area contributed by atoms with Gasteiger partial charge in [-0.2, -0.15) is 0 Å². The van der Waals surface area contributed by atoms with E-state index in [4.69, 9.17) is 9.47 Å². The molecule has 94 valence electrons. The van der Waals surface area contributed by atoms with Crippen molar-refractivity contribution in [1.82, 2.24) is 9.97 Å². The number of nitrogens with one attached hydrogen (secondary N) is 1. The SMILES string of the molecule is COc1c(Oc2cc(F)ccc2Br)nc[nH]c1=O. The number of rotatable bonds is 3. The van der Waals surface area contributed by atoms with E-state index in [9.17, 15) is 9.18 Å². The normalized spacial score (nSPS) is 10.2. The summed E-state index contributed by atoms with van der Waals surface area (Å²) in [4.78, 5) is 17.6. The number of methoxy groups -OCH3 is 1. The Labute approximate surface area is 110 Å². The number of hydrogen-bond donors (Lipinski definition) is 1. The van der Waals surface area contributed by atoms with E-state index < -0.39 is 11.4 Å². The molecule has 0 radical (unpaired) electrons. The van der Waals surface area contributed by atoms with Gasteiger partial charge in [-0.15, -0.1) is 0 Å². The number of aromatic amines is 1. The Morgan fingerprint density at radius 1 is 1.44 bits per heavy atom. The summed E-state index contributed by atoms with van der Waals surface area (Å²) in [6.07, 6.45) is 1.17. The maximum absolute atomic E-state index is 13.1. The molecule has 7 heteroatoms. The van der Waals surface area contributed by atoms with Gasteiger partial charge in [0.1, 0.15) is 11.6 Å². The first-order chi connectivity index (χ1) is 8.61. The highest BCUT2D eigenvalue weighted by Gasteiger charge is 2.13. The molecule has 0 aliphatic rings. The minimum Gasteiger partial charge on any atom is -0.487 e. The second-order valence-electron chi connectivity index (χ2n) is 3.25. The van der Waals surface area contributed by atoms with Crippen LogP contribution in [0.15, 0.2) is 33.8 Å². The maximum Gasteiger partial charge on any atom is 0.297 e. The Hall–Kier alpha value is -1.89. The van der Waals surface area contributed by atoms with E-state index >= 15 is 0 Å². The minimum absolute atomic E-state index is 0.0347. The van der Waals surface area contributed by atoms with Crippen LogP contribution in [0.25, 0.3) is 0 Å². The van der Waals surface area contributed by atoms with Gasteiger partial charge < -0.3 is 14.5 Å². The van der Waals surface area contributed by atoms with E-state index in [1.54, 1.807) is 0 Å². The molecule has 0 atom stereocenters. The van der Waals surface area contributed by atoms with E-state index in [2.05, 4.69) is 25.9 Å². The summed E-state index contributed by atoms with van der Waals surface area (Å²) in [5.74, 6) is -0.371. The van der Waals surface area contributed by atoms with E-state index in [-0.39, 0.29) is 17.4 Å². The molecule has 1 heterocycles. The molecule has 1 N–H and O–H groups in total. The average Bonchev–Trinajstić information content (AvgIpc) is 2.34. The molecule has 0 spiro atoms. The molecule has 0 fully saturated rings. The quantitative estimate of drug-likeness (QED) is 0.945. The van der Waals surface area contributed by atoms with Crippen molar-refractivity contribution < 1.29 is 13.9 Å². The van der Waals surface area contributed by atoms with Crippen molar-refractivity contribution in [2.45, 2.75) is 0 Å². The molecule has 18 heavy (non-hydrogen) atoms. The fraction of sp³-hybridized carbons (Fsp3) is 0.0909. The highest BCUT2D eigenvalue weighted by atomic mass is 79.9. The molecule has 0 saturated carbocycles. The molecule has 0 amide bonds. The van der Waals surface area contributed by atoms with Crippen molar-refractivity contribution >= 4 is 15.9 Å². The minimum atomic E-state index is -0.477. The molecule has 2 aromatic rings. The van der Waals surface area contributed by atoms with Crippen molar-refractivity contribution in [1.29, 1.82) is 0 Å². The van der Waals surface area contributed by atoms with Gasteiger partial charge in [-0.1, -0.05) is 0 Å². The second-order valence-corrected chi connectivity index (χ2v) is 4.10. The van der Waals surface area contributed by atoms with Gasteiger partial charge in [0.2, 0.25) is 5.75 Å². The molecule has 1 aromatic carbocycles. The zero-order valence-corrected chi connectivity index (χ0v) is 10.8. The van der Waals surface area contributed by atoms with E-state index in [0.717, 1.165) is 0 Å². The predicted octanol–water partition coefficient (Wildman–Crippen LogP) is 2.47. The first kappa shape index (κ1) is 12.6. The van der Waals surface area contributed by atoms with Crippen LogP contribution in [0.4, 0.5) is 4.39 Å². The van der Waals surface area contributed by atoms with Gasteiger partial charge in [0, 0.05) is 6.07 Å². The molecule has 0 unspecified atom stereocenters. The van der Waals surface area contributed by atoms with Gasteiger partial charge >= 0.3 is 0 Å². The highest BCUT2D eigenvalue weighted by molar-refractivity contribution is 9.10. The Kier molecular flexibility index (Phi) is 3.61. The van der Waals surface area contributed by atoms with Gasteiger partial charge in [0.25, 0.3) is 11.4 Å². The van der Waals surface area contributed by atoms with Crippen molar-refractivity contribution in [3.8, 4) is 17.4 Å². The van der Waals surface area contributed by atoms with Crippen LogP contribution >= 0.6 is 15.9 Å². The third-order valence-corrected chi connectivity index (χ3v) is 2.74. The number of aromatic nitrogens is 2. The summed E-state index contributed by atoms with van der Waals surface area (Å²) in [7, 11) is 1.32. The third kappa shape index (κ3) is 2.51. The predicted molar refractivity (Wildman–Crippen MR) is 65.6 cm³/mol. The summed E-state index contributed by atoms with van der Waals surface area (Å²) in [5.41, 5.74) is -0.477. The van der Waals surface area contributed by atoms with Crippen LogP contribution in [0.2, 0.25) is 0 Å². The standard InChI is InChI=1S/C11H8BrFN2O3/c1-17-9-10(16)14-5-15-11(9)18-8-4-6(13)2-3-7(8)12/h2-5H,1H3,(H,14,15,16). The van der Waals surface area contributed by atoms with Gasteiger partial charge in [-0.25, -0.2) is 9.37 Å². The number of halogens is 2. The highest BCUT2D eigenvalue weighted by Crippen LogP contribution is 2.31. The maximum atomic E-state index is 13.1. The molecule has 2 rings (SSSR count). The van der Waals surface area contributed by atoms with Crippen LogP contribution in [-0.4, -0.2) is 17.1 Å². The zero-order valence-electron chi connectivity index (χ0n) is 9.24. The van der Waals surface area contributed by atoms with Gasteiger partial charge in [-0.05, 0) is 28.1 Å². The smallest absolute Gasteiger partial charge is 0.297 e. The van der Waals surface area contributed by atoms with Crippen molar-refractivity contribution in [3.05, 3.63) is 45.2 Å². The summed E-state index contributed by atoms with van der Waals surface area (Å²) < 4.78 is 23.9.